The van der Waals surface area contributed by atoms with Crippen molar-refractivity contribution in [2.24, 2.45) is 11.7 Å². The molecular formula is C18H24N4O2S. The number of amides is 2. The smallest absolute Gasteiger partial charge is 0.251 e. The van der Waals surface area contributed by atoms with Crippen LogP contribution in [0.5, 0.6) is 0 Å². The van der Waals surface area contributed by atoms with E-state index in [-0.39, 0.29) is 11.8 Å². The van der Waals surface area contributed by atoms with Gasteiger partial charge in [-0.3, -0.25) is 9.59 Å². The van der Waals surface area contributed by atoms with Crippen molar-refractivity contribution in [1.29, 1.82) is 5.26 Å². The normalized spacial score (nSPS) is 20.5. The molecule has 3 rings (SSSR count). The molecule has 0 spiro atoms. The van der Waals surface area contributed by atoms with Crippen molar-refractivity contribution >= 4 is 28.2 Å². The fourth-order valence-electron chi connectivity index (χ4n) is 3.81. The highest BCUT2D eigenvalue weighted by molar-refractivity contribution is 7.17. The van der Waals surface area contributed by atoms with E-state index in [4.69, 9.17) is 11.0 Å². The van der Waals surface area contributed by atoms with Gasteiger partial charge in [0.25, 0.3) is 5.91 Å². The van der Waals surface area contributed by atoms with E-state index in [0.29, 0.717) is 30.1 Å². The average Bonchev–Trinajstić information content (AvgIpc) is 2.98. The Balaban J connectivity index is 1.71. The number of fused-ring (bicyclic) bond motifs is 1. The number of primary amides is 1. The van der Waals surface area contributed by atoms with E-state index in [9.17, 15) is 9.59 Å². The molecule has 0 saturated carbocycles. The van der Waals surface area contributed by atoms with E-state index < -0.39 is 5.91 Å². The van der Waals surface area contributed by atoms with Gasteiger partial charge in [-0.15, -0.1) is 11.3 Å². The average molecular weight is 360 g/mol. The highest BCUT2D eigenvalue weighted by Crippen LogP contribution is 2.38. The van der Waals surface area contributed by atoms with Gasteiger partial charge in [0.1, 0.15) is 5.00 Å². The standard InChI is InChI=1S/C18H24N4O2S/c19-8-4-10-22-9-3-5-12(11-22)17(24)21-18-15(16(20)23)13-6-1-2-7-14(13)25-18/h12H,1-7,9-11H2,(H2,20,23)(H,21,24). The van der Waals surface area contributed by atoms with Gasteiger partial charge in [-0.05, 0) is 50.6 Å². The summed E-state index contributed by atoms with van der Waals surface area (Å²) in [4.78, 5) is 28.0. The molecule has 0 radical (unpaired) electrons. The van der Waals surface area contributed by atoms with Crippen LogP contribution in [0.4, 0.5) is 5.00 Å². The van der Waals surface area contributed by atoms with Gasteiger partial charge < -0.3 is 16.0 Å². The number of anilines is 1. The van der Waals surface area contributed by atoms with Crippen LogP contribution in [-0.4, -0.2) is 36.3 Å². The lowest BCUT2D eigenvalue weighted by Gasteiger charge is -2.31. The van der Waals surface area contributed by atoms with Gasteiger partial charge in [-0.2, -0.15) is 5.26 Å². The third kappa shape index (κ3) is 4.02. The van der Waals surface area contributed by atoms with Crippen LogP contribution in [0.2, 0.25) is 0 Å². The Kier molecular flexibility index (Phi) is 5.71. The number of carbonyl (C=O) groups is 2. The van der Waals surface area contributed by atoms with Crippen molar-refractivity contribution in [2.45, 2.75) is 44.9 Å². The predicted octanol–water partition coefficient (Wildman–Crippen LogP) is 2.29. The number of aryl methyl sites for hydroxylation is 1. The maximum Gasteiger partial charge on any atom is 0.251 e. The molecule has 2 heterocycles. The topological polar surface area (TPSA) is 99.2 Å². The molecule has 1 aromatic heterocycles. The molecular weight excluding hydrogens is 336 g/mol. The van der Waals surface area contributed by atoms with Gasteiger partial charge in [0.15, 0.2) is 0 Å². The van der Waals surface area contributed by atoms with Gasteiger partial charge in [0.05, 0.1) is 17.6 Å². The Hall–Kier alpha value is -1.91. The number of nitriles is 1. The Morgan fingerprint density at radius 1 is 1.32 bits per heavy atom. The van der Waals surface area contributed by atoms with Crippen molar-refractivity contribution in [3.63, 3.8) is 0 Å². The van der Waals surface area contributed by atoms with Crippen LogP contribution in [0.25, 0.3) is 0 Å². The van der Waals surface area contributed by atoms with E-state index in [1.165, 1.54) is 16.2 Å². The zero-order valence-electron chi connectivity index (χ0n) is 14.3. The first-order chi connectivity index (χ1) is 12.1. The lowest BCUT2D eigenvalue weighted by Crippen LogP contribution is -2.41. The van der Waals surface area contributed by atoms with E-state index in [2.05, 4.69) is 16.3 Å². The molecule has 1 aromatic rings. The minimum atomic E-state index is -0.450. The van der Waals surface area contributed by atoms with Crippen LogP contribution in [-0.2, 0) is 17.6 Å². The molecule has 1 unspecified atom stereocenters. The molecule has 0 aromatic carbocycles. The first-order valence-electron chi connectivity index (χ1n) is 8.94. The molecule has 6 nitrogen and oxygen atoms in total. The number of thiophene rings is 1. The molecule has 0 bridgehead atoms. The summed E-state index contributed by atoms with van der Waals surface area (Å²) in [5.74, 6) is -0.593. The van der Waals surface area contributed by atoms with Gasteiger partial charge in [-0.25, -0.2) is 0 Å². The third-order valence-corrected chi connectivity index (χ3v) is 6.28. The molecule has 1 aliphatic heterocycles. The second-order valence-electron chi connectivity index (χ2n) is 6.82. The number of rotatable bonds is 5. The quantitative estimate of drug-likeness (QED) is 0.841. The SMILES string of the molecule is N#CCCN1CCCC(C(=O)Nc2sc3c(c2C(N)=O)CCCC3)C1. The van der Waals surface area contributed by atoms with Crippen LogP contribution >= 0.6 is 11.3 Å². The molecule has 2 amide bonds. The van der Waals surface area contributed by atoms with E-state index in [1.807, 2.05) is 0 Å². The summed E-state index contributed by atoms with van der Waals surface area (Å²) in [6.07, 6.45) is 6.28. The molecule has 1 atom stereocenters. The Morgan fingerprint density at radius 2 is 2.12 bits per heavy atom. The van der Waals surface area contributed by atoms with Crippen LogP contribution in [0, 0.1) is 17.2 Å². The highest BCUT2D eigenvalue weighted by Gasteiger charge is 2.29. The summed E-state index contributed by atoms with van der Waals surface area (Å²) in [6, 6.07) is 2.15. The Bertz CT molecular complexity index is 707. The third-order valence-electron chi connectivity index (χ3n) is 5.07. The van der Waals surface area contributed by atoms with Gasteiger partial charge >= 0.3 is 0 Å². The van der Waals surface area contributed by atoms with Gasteiger partial charge in [-0.1, -0.05) is 0 Å². The van der Waals surface area contributed by atoms with E-state index in [1.54, 1.807) is 0 Å². The number of likely N-dealkylation sites (tertiary alicyclic amines) is 1. The van der Waals surface area contributed by atoms with Crippen molar-refractivity contribution < 1.29 is 9.59 Å². The van der Waals surface area contributed by atoms with Crippen molar-refractivity contribution in [1.82, 2.24) is 4.90 Å². The number of hydrogen-bond acceptors (Lipinski definition) is 5. The highest BCUT2D eigenvalue weighted by atomic mass is 32.1. The first kappa shape index (κ1) is 17.9. The number of carbonyl (C=O) groups excluding carboxylic acids is 2. The largest absolute Gasteiger partial charge is 0.365 e. The zero-order chi connectivity index (χ0) is 17.8. The predicted molar refractivity (Wildman–Crippen MR) is 97.5 cm³/mol. The number of nitrogens with one attached hydrogen (secondary N) is 1. The van der Waals surface area contributed by atoms with E-state index in [0.717, 1.165) is 50.6 Å². The minimum absolute atomic E-state index is 0.0391. The molecule has 134 valence electrons. The fourth-order valence-corrected chi connectivity index (χ4v) is 5.11. The van der Waals surface area contributed by atoms with Crippen molar-refractivity contribution in [3.05, 3.63) is 16.0 Å². The number of nitrogens with two attached hydrogens (primary N) is 1. The Labute approximate surface area is 152 Å². The number of nitrogens with zero attached hydrogens (tertiary/aromatic N) is 2. The van der Waals surface area contributed by atoms with Gasteiger partial charge in [0.2, 0.25) is 5.91 Å². The van der Waals surface area contributed by atoms with Gasteiger partial charge in [0, 0.05) is 24.4 Å². The fraction of sp³-hybridized carbons (Fsp3) is 0.611. The van der Waals surface area contributed by atoms with Crippen LogP contribution in [0.3, 0.4) is 0 Å². The second kappa shape index (κ2) is 7.98. The molecule has 1 saturated heterocycles. The van der Waals surface area contributed by atoms with Crippen LogP contribution in [0.1, 0.15) is 52.9 Å². The number of hydrogen-bond donors (Lipinski definition) is 2. The van der Waals surface area contributed by atoms with Crippen LogP contribution in [0.15, 0.2) is 0 Å². The molecule has 25 heavy (non-hydrogen) atoms. The summed E-state index contributed by atoms with van der Waals surface area (Å²) in [5.41, 5.74) is 7.15. The van der Waals surface area contributed by atoms with Crippen molar-refractivity contribution in [3.8, 4) is 6.07 Å². The lowest BCUT2D eigenvalue weighted by atomic mass is 9.95. The van der Waals surface area contributed by atoms with Crippen LogP contribution < -0.4 is 11.1 Å². The molecule has 7 heteroatoms. The Morgan fingerprint density at radius 3 is 2.88 bits per heavy atom. The number of piperidine rings is 1. The van der Waals surface area contributed by atoms with Crippen molar-refractivity contribution in [2.75, 3.05) is 25.0 Å². The lowest BCUT2D eigenvalue weighted by molar-refractivity contribution is -0.121. The zero-order valence-corrected chi connectivity index (χ0v) is 15.2. The minimum Gasteiger partial charge on any atom is -0.365 e. The molecule has 1 aliphatic carbocycles. The maximum absolute atomic E-state index is 12.7. The summed E-state index contributed by atoms with van der Waals surface area (Å²) in [5, 5.41) is 12.3. The molecule has 3 N–H and O–H groups in total. The molecule has 1 fully saturated rings. The second-order valence-corrected chi connectivity index (χ2v) is 7.92. The molecule has 2 aliphatic rings. The summed E-state index contributed by atoms with van der Waals surface area (Å²) >= 11 is 1.51. The first-order valence-corrected chi connectivity index (χ1v) is 9.76. The summed E-state index contributed by atoms with van der Waals surface area (Å²) in [7, 11) is 0. The summed E-state index contributed by atoms with van der Waals surface area (Å²) < 4.78 is 0. The van der Waals surface area contributed by atoms with E-state index >= 15 is 0 Å². The summed E-state index contributed by atoms with van der Waals surface area (Å²) in [6.45, 7) is 2.32. The maximum atomic E-state index is 12.7. The monoisotopic (exact) mass is 360 g/mol.